The highest BCUT2D eigenvalue weighted by atomic mass is 16.3. The van der Waals surface area contributed by atoms with Crippen LogP contribution in [0.4, 0.5) is 0 Å². The van der Waals surface area contributed by atoms with Crippen LogP contribution in [0, 0.1) is 28.6 Å². The van der Waals surface area contributed by atoms with E-state index in [9.17, 15) is 10.2 Å². The molecule has 0 amide bonds. The van der Waals surface area contributed by atoms with Gasteiger partial charge >= 0.3 is 0 Å². The summed E-state index contributed by atoms with van der Waals surface area (Å²) < 4.78 is 0. The van der Waals surface area contributed by atoms with E-state index in [1.165, 1.54) is 12.8 Å². The van der Waals surface area contributed by atoms with Crippen LogP contribution >= 0.6 is 0 Å². The van der Waals surface area contributed by atoms with E-state index in [1.54, 1.807) is 0 Å². The lowest BCUT2D eigenvalue weighted by Gasteiger charge is -2.71. The van der Waals surface area contributed by atoms with Crippen LogP contribution in [0.1, 0.15) is 52.9 Å². The van der Waals surface area contributed by atoms with Crippen molar-refractivity contribution in [2.24, 2.45) is 28.6 Å². The van der Waals surface area contributed by atoms with Gasteiger partial charge in [0.1, 0.15) is 0 Å². The maximum atomic E-state index is 11.3. The summed E-state index contributed by atoms with van der Waals surface area (Å²) in [6.45, 7) is 7.13. The second-order valence-corrected chi connectivity index (χ2v) is 7.56. The van der Waals surface area contributed by atoms with Gasteiger partial charge in [0, 0.05) is 12.0 Å². The Bertz CT molecular complexity index is 338. The highest BCUT2D eigenvalue weighted by Gasteiger charge is 2.70. The fourth-order valence-electron chi connectivity index (χ4n) is 5.72. The number of hydrogen-bond donors (Lipinski definition) is 2. The minimum atomic E-state index is -0.502. The lowest BCUT2D eigenvalue weighted by atomic mass is 9.35. The summed E-state index contributed by atoms with van der Waals surface area (Å²) in [5.41, 5.74) is -0.411. The van der Waals surface area contributed by atoms with Gasteiger partial charge in [0.2, 0.25) is 0 Å². The minimum Gasteiger partial charge on any atom is -0.396 e. The molecule has 4 fully saturated rings. The molecule has 17 heavy (non-hydrogen) atoms. The number of aliphatic hydroxyl groups excluding tert-OH is 1. The largest absolute Gasteiger partial charge is 0.396 e. The van der Waals surface area contributed by atoms with Crippen LogP contribution < -0.4 is 0 Å². The van der Waals surface area contributed by atoms with Crippen molar-refractivity contribution in [3.8, 4) is 0 Å². The molecule has 0 radical (unpaired) electrons. The Balaban J connectivity index is 2.08. The van der Waals surface area contributed by atoms with Gasteiger partial charge in [-0.25, -0.2) is 0 Å². The highest BCUT2D eigenvalue weighted by Crippen LogP contribution is 2.71. The van der Waals surface area contributed by atoms with Gasteiger partial charge in [0.25, 0.3) is 0 Å². The van der Waals surface area contributed by atoms with Gasteiger partial charge in [-0.15, -0.1) is 0 Å². The molecular formula is C15H26O2. The van der Waals surface area contributed by atoms with E-state index in [0.717, 1.165) is 19.3 Å². The van der Waals surface area contributed by atoms with Gasteiger partial charge < -0.3 is 10.2 Å². The molecule has 4 aliphatic carbocycles. The van der Waals surface area contributed by atoms with Crippen molar-refractivity contribution in [3.63, 3.8) is 0 Å². The molecule has 0 aromatic heterocycles. The van der Waals surface area contributed by atoms with Gasteiger partial charge in [0.05, 0.1) is 5.60 Å². The fourth-order valence-corrected chi connectivity index (χ4v) is 5.72. The number of aliphatic hydroxyl groups is 2. The molecule has 4 aliphatic rings. The van der Waals surface area contributed by atoms with Crippen LogP contribution in [0.2, 0.25) is 0 Å². The number of fused-ring (bicyclic) bond motifs is 1. The Morgan fingerprint density at radius 3 is 2.47 bits per heavy atom. The van der Waals surface area contributed by atoms with Gasteiger partial charge in [-0.2, -0.15) is 0 Å². The molecule has 0 aromatic carbocycles. The van der Waals surface area contributed by atoms with E-state index < -0.39 is 5.60 Å². The molecule has 4 bridgehead atoms. The van der Waals surface area contributed by atoms with Gasteiger partial charge in [0.15, 0.2) is 0 Å². The maximum Gasteiger partial charge on any atom is 0.0757 e. The summed E-state index contributed by atoms with van der Waals surface area (Å²) in [7, 11) is 0. The summed E-state index contributed by atoms with van der Waals surface area (Å²) in [6.07, 6.45) is 5.52. The van der Waals surface area contributed by atoms with E-state index in [-0.39, 0.29) is 10.8 Å². The zero-order valence-corrected chi connectivity index (χ0v) is 11.4. The first-order chi connectivity index (χ1) is 7.87. The Hall–Kier alpha value is -0.0800. The third-order valence-corrected chi connectivity index (χ3v) is 7.08. The minimum absolute atomic E-state index is 0.0386. The molecule has 4 rings (SSSR count). The predicted molar refractivity (Wildman–Crippen MR) is 67.5 cm³/mol. The van der Waals surface area contributed by atoms with Gasteiger partial charge in [-0.3, -0.25) is 0 Å². The second kappa shape index (κ2) is 3.27. The molecule has 5 atom stereocenters. The van der Waals surface area contributed by atoms with E-state index in [1.807, 2.05) is 0 Å². The summed E-state index contributed by atoms with van der Waals surface area (Å²) >= 11 is 0. The van der Waals surface area contributed by atoms with E-state index in [2.05, 4.69) is 20.8 Å². The molecule has 2 nitrogen and oxygen atoms in total. The first-order valence-electron chi connectivity index (χ1n) is 7.20. The van der Waals surface area contributed by atoms with E-state index >= 15 is 0 Å². The molecular weight excluding hydrogens is 212 g/mol. The Morgan fingerprint density at radius 2 is 1.82 bits per heavy atom. The summed E-state index contributed by atoms with van der Waals surface area (Å²) in [5.74, 6) is 1.62. The van der Waals surface area contributed by atoms with Crippen molar-refractivity contribution in [2.75, 3.05) is 6.61 Å². The lowest BCUT2D eigenvalue weighted by molar-refractivity contribution is -0.294. The van der Waals surface area contributed by atoms with Crippen molar-refractivity contribution in [1.29, 1.82) is 0 Å². The quantitative estimate of drug-likeness (QED) is 0.737. The number of rotatable bonds is 1. The Morgan fingerprint density at radius 1 is 1.12 bits per heavy atom. The smallest absolute Gasteiger partial charge is 0.0757 e. The molecule has 0 aliphatic heterocycles. The average Bonchev–Trinajstić information content (AvgIpc) is 2.28. The highest BCUT2D eigenvalue weighted by molar-refractivity contribution is 5.19. The molecule has 0 heterocycles. The molecule has 2 heteroatoms. The first-order valence-corrected chi connectivity index (χ1v) is 7.20. The normalized spacial score (nSPS) is 55.9. The van der Waals surface area contributed by atoms with Crippen LogP contribution in [0.15, 0.2) is 0 Å². The fraction of sp³-hybridized carbons (Fsp3) is 1.00. The third kappa shape index (κ3) is 1.14. The van der Waals surface area contributed by atoms with Crippen LogP contribution in [0.25, 0.3) is 0 Å². The van der Waals surface area contributed by atoms with Crippen LogP contribution in [0.5, 0.6) is 0 Å². The molecule has 98 valence electrons. The third-order valence-electron chi connectivity index (χ3n) is 7.08. The summed E-state index contributed by atoms with van der Waals surface area (Å²) in [4.78, 5) is 0. The molecule has 2 N–H and O–H groups in total. The van der Waals surface area contributed by atoms with E-state index in [0.29, 0.717) is 24.4 Å². The van der Waals surface area contributed by atoms with E-state index in [4.69, 9.17) is 0 Å². The molecule has 0 spiro atoms. The zero-order chi connectivity index (χ0) is 12.5. The van der Waals surface area contributed by atoms with Crippen molar-refractivity contribution in [1.82, 2.24) is 0 Å². The average molecular weight is 238 g/mol. The number of hydrogen-bond acceptors (Lipinski definition) is 2. The first kappa shape index (κ1) is 12.0. The monoisotopic (exact) mass is 238 g/mol. The predicted octanol–water partition coefficient (Wildman–Crippen LogP) is 2.58. The second-order valence-electron chi connectivity index (χ2n) is 7.56. The molecule has 0 saturated heterocycles. The zero-order valence-electron chi connectivity index (χ0n) is 11.4. The summed E-state index contributed by atoms with van der Waals surface area (Å²) in [5, 5.41) is 20.9. The Kier molecular flexibility index (Phi) is 2.30. The van der Waals surface area contributed by atoms with Crippen molar-refractivity contribution >= 4 is 0 Å². The standard InChI is InChI=1S/C15H26O2/c1-13(2)11-5-6-14(3)12(8-11)10(9-16)4-7-15(13,14)17/h10-12,16-17H,4-9H2,1-3H3/t10-,11-,12+,14+,15?/m1/s1. The van der Waals surface area contributed by atoms with Crippen LogP contribution in [-0.2, 0) is 0 Å². The molecule has 4 saturated carbocycles. The van der Waals surface area contributed by atoms with Gasteiger partial charge in [-0.1, -0.05) is 20.8 Å². The SMILES string of the molecule is CC1(C)[C@@H]2CC[C@@]3(C)[C@@H](C2)[C@@H](CO)CCC13O. The van der Waals surface area contributed by atoms with Crippen molar-refractivity contribution < 1.29 is 10.2 Å². The maximum absolute atomic E-state index is 11.3. The van der Waals surface area contributed by atoms with Crippen molar-refractivity contribution in [3.05, 3.63) is 0 Å². The van der Waals surface area contributed by atoms with Crippen molar-refractivity contribution in [2.45, 2.75) is 58.5 Å². The lowest BCUT2D eigenvalue weighted by Crippen LogP contribution is -2.71. The van der Waals surface area contributed by atoms with Crippen LogP contribution in [-0.4, -0.2) is 22.4 Å². The molecule has 0 aromatic rings. The molecule has 1 unspecified atom stereocenters. The topological polar surface area (TPSA) is 40.5 Å². The van der Waals surface area contributed by atoms with Crippen LogP contribution in [0.3, 0.4) is 0 Å². The van der Waals surface area contributed by atoms with Gasteiger partial charge in [-0.05, 0) is 55.3 Å². The summed E-state index contributed by atoms with van der Waals surface area (Å²) in [6, 6.07) is 0. The Labute approximate surface area is 104 Å².